The highest BCUT2D eigenvalue weighted by Crippen LogP contribution is 2.28. The standard InChI is InChI=1S/C13H14N2O3S/c16-12(17)9-4-1-5-10-11(9)15(13(18)14-10)7-8-3-2-6-19-8/h1,4-5,8H,2-3,6-7H2,(H,14,18)(H,16,17). The largest absolute Gasteiger partial charge is 0.478 e. The van der Waals surface area contributed by atoms with E-state index in [0.29, 0.717) is 22.8 Å². The van der Waals surface area contributed by atoms with Crippen molar-refractivity contribution in [2.45, 2.75) is 24.6 Å². The molecule has 0 saturated carbocycles. The van der Waals surface area contributed by atoms with E-state index in [-0.39, 0.29) is 11.3 Å². The minimum Gasteiger partial charge on any atom is -0.478 e. The Morgan fingerprint density at radius 3 is 3.05 bits per heavy atom. The second-order valence-corrected chi connectivity index (χ2v) is 6.09. The van der Waals surface area contributed by atoms with Crippen molar-refractivity contribution in [2.75, 3.05) is 5.75 Å². The van der Waals surface area contributed by atoms with E-state index < -0.39 is 5.97 Å². The molecule has 1 aromatic carbocycles. The van der Waals surface area contributed by atoms with Crippen molar-refractivity contribution in [3.05, 3.63) is 34.2 Å². The lowest BCUT2D eigenvalue weighted by atomic mass is 10.2. The van der Waals surface area contributed by atoms with Crippen LogP contribution >= 0.6 is 11.8 Å². The number of hydrogen-bond donors (Lipinski definition) is 2. The lowest BCUT2D eigenvalue weighted by molar-refractivity contribution is 0.0698. The van der Waals surface area contributed by atoms with E-state index >= 15 is 0 Å². The van der Waals surface area contributed by atoms with Crippen LogP contribution in [0.3, 0.4) is 0 Å². The van der Waals surface area contributed by atoms with Gasteiger partial charge in [-0.3, -0.25) is 4.57 Å². The van der Waals surface area contributed by atoms with Crippen molar-refractivity contribution in [3.8, 4) is 0 Å². The highest BCUT2D eigenvalue weighted by Gasteiger charge is 2.21. The number of fused-ring (bicyclic) bond motifs is 1. The third-order valence-corrected chi connectivity index (χ3v) is 4.81. The Bertz CT molecular complexity index is 683. The summed E-state index contributed by atoms with van der Waals surface area (Å²) in [4.78, 5) is 26.0. The van der Waals surface area contributed by atoms with Crippen molar-refractivity contribution >= 4 is 28.8 Å². The van der Waals surface area contributed by atoms with Crippen molar-refractivity contribution in [2.24, 2.45) is 0 Å². The first-order chi connectivity index (χ1) is 9.16. The maximum absolute atomic E-state index is 12.0. The van der Waals surface area contributed by atoms with Crippen LogP contribution in [0.1, 0.15) is 23.2 Å². The van der Waals surface area contributed by atoms with Crippen molar-refractivity contribution in [1.82, 2.24) is 9.55 Å². The molecule has 2 N–H and O–H groups in total. The lowest BCUT2D eigenvalue weighted by Gasteiger charge is -2.10. The Morgan fingerprint density at radius 1 is 1.53 bits per heavy atom. The van der Waals surface area contributed by atoms with Gasteiger partial charge in [-0.05, 0) is 30.7 Å². The smallest absolute Gasteiger partial charge is 0.337 e. The molecule has 2 aromatic rings. The molecule has 1 unspecified atom stereocenters. The maximum Gasteiger partial charge on any atom is 0.337 e. The van der Waals surface area contributed by atoms with Crippen LogP contribution in [0.4, 0.5) is 0 Å². The van der Waals surface area contributed by atoms with Crippen molar-refractivity contribution in [1.29, 1.82) is 0 Å². The summed E-state index contributed by atoms with van der Waals surface area (Å²) < 4.78 is 1.57. The van der Waals surface area contributed by atoms with E-state index in [1.807, 2.05) is 11.8 Å². The van der Waals surface area contributed by atoms with Gasteiger partial charge in [0.2, 0.25) is 0 Å². The molecule has 6 heteroatoms. The van der Waals surface area contributed by atoms with Crippen LogP contribution in [-0.4, -0.2) is 31.6 Å². The number of thioether (sulfide) groups is 1. The number of aromatic carboxylic acids is 1. The van der Waals surface area contributed by atoms with E-state index in [1.165, 1.54) is 6.07 Å². The Morgan fingerprint density at radius 2 is 2.37 bits per heavy atom. The number of aromatic amines is 1. The fraction of sp³-hybridized carbons (Fsp3) is 0.385. The van der Waals surface area contributed by atoms with Crippen LogP contribution in [0.2, 0.25) is 0 Å². The number of benzene rings is 1. The summed E-state index contributed by atoms with van der Waals surface area (Å²) >= 11 is 1.85. The topological polar surface area (TPSA) is 75.1 Å². The molecule has 0 radical (unpaired) electrons. The third-order valence-electron chi connectivity index (χ3n) is 3.43. The number of nitrogens with zero attached hydrogens (tertiary/aromatic N) is 1. The zero-order valence-electron chi connectivity index (χ0n) is 10.3. The number of carboxylic acid groups (broad SMARTS) is 1. The predicted octanol–water partition coefficient (Wildman–Crippen LogP) is 1.92. The fourth-order valence-electron chi connectivity index (χ4n) is 2.56. The molecule has 1 aromatic heterocycles. The highest BCUT2D eigenvalue weighted by molar-refractivity contribution is 8.00. The zero-order valence-corrected chi connectivity index (χ0v) is 11.1. The highest BCUT2D eigenvalue weighted by atomic mass is 32.2. The van der Waals surface area contributed by atoms with Gasteiger partial charge in [0.25, 0.3) is 0 Å². The van der Waals surface area contributed by atoms with Gasteiger partial charge in [-0.1, -0.05) is 6.07 Å². The van der Waals surface area contributed by atoms with Gasteiger partial charge in [-0.2, -0.15) is 11.8 Å². The lowest BCUT2D eigenvalue weighted by Crippen LogP contribution is -2.22. The first-order valence-corrected chi connectivity index (χ1v) is 7.28. The summed E-state index contributed by atoms with van der Waals surface area (Å²) in [6.07, 6.45) is 2.25. The molecule has 0 aliphatic carbocycles. The molecule has 100 valence electrons. The van der Waals surface area contributed by atoms with Gasteiger partial charge in [0.05, 0.1) is 16.6 Å². The van der Waals surface area contributed by atoms with Crippen LogP contribution < -0.4 is 5.69 Å². The van der Waals surface area contributed by atoms with Gasteiger partial charge in [0, 0.05) is 11.8 Å². The van der Waals surface area contributed by atoms with Crippen LogP contribution in [-0.2, 0) is 6.54 Å². The summed E-state index contributed by atoms with van der Waals surface area (Å²) in [5, 5.41) is 9.64. The monoisotopic (exact) mass is 278 g/mol. The van der Waals surface area contributed by atoms with Crippen molar-refractivity contribution < 1.29 is 9.90 Å². The van der Waals surface area contributed by atoms with E-state index in [9.17, 15) is 14.7 Å². The number of carboxylic acids is 1. The summed E-state index contributed by atoms with van der Waals surface area (Å²) in [5.41, 5.74) is 1.05. The van der Waals surface area contributed by atoms with Crippen LogP contribution in [0, 0.1) is 0 Å². The van der Waals surface area contributed by atoms with Crippen LogP contribution in [0.25, 0.3) is 11.0 Å². The number of rotatable bonds is 3. The number of para-hydroxylation sites is 1. The molecule has 19 heavy (non-hydrogen) atoms. The summed E-state index contributed by atoms with van der Waals surface area (Å²) in [6.45, 7) is 0.577. The Hall–Kier alpha value is -1.69. The molecule has 1 aliphatic rings. The SMILES string of the molecule is O=C(O)c1cccc2[nH]c(=O)n(CC3CCCS3)c12. The average molecular weight is 278 g/mol. The van der Waals surface area contributed by atoms with E-state index in [1.54, 1.807) is 16.7 Å². The first kappa shape index (κ1) is 12.3. The first-order valence-electron chi connectivity index (χ1n) is 6.23. The normalized spacial score (nSPS) is 19.1. The fourth-order valence-corrected chi connectivity index (χ4v) is 3.81. The molecular formula is C13H14N2O3S. The maximum atomic E-state index is 12.0. The Kier molecular flexibility index (Phi) is 3.10. The number of carbonyl (C=O) groups is 1. The molecule has 0 amide bonds. The third kappa shape index (κ3) is 2.16. The summed E-state index contributed by atoms with van der Waals surface area (Å²) in [7, 11) is 0. The average Bonchev–Trinajstić information content (AvgIpc) is 2.98. The number of aromatic nitrogens is 2. The zero-order chi connectivity index (χ0) is 13.4. The van der Waals surface area contributed by atoms with Crippen molar-refractivity contribution in [3.63, 3.8) is 0 Å². The predicted molar refractivity (Wildman–Crippen MR) is 75.0 cm³/mol. The van der Waals surface area contributed by atoms with Gasteiger partial charge in [-0.15, -0.1) is 0 Å². The Balaban J connectivity index is 2.13. The second kappa shape index (κ2) is 4.77. The van der Waals surface area contributed by atoms with Crippen LogP contribution in [0.5, 0.6) is 0 Å². The number of imidazole rings is 1. The number of nitrogens with one attached hydrogen (secondary N) is 1. The van der Waals surface area contributed by atoms with Gasteiger partial charge >= 0.3 is 11.7 Å². The molecule has 1 saturated heterocycles. The molecule has 0 spiro atoms. The van der Waals surface area contributed by atoms with Gasteiger partial charge < -0.3 is 10.1 Å². The molecule has 0 bridgehead atoms. The molecule has 5 nitrogen and oxygen atoms in total. The summed E-state index contributed by atoms with van der Waals surface area (Å²) in [6, 6.07) is 4.92. The molecular weight excluding hydrogens is 264 g/mol. The quantitative estimate of drug-likeness (QED) is 0.899. The number of hydrogen-bond acceptors (Lipinski definition) is 3. The van der Waals surface area contributed by atoms with E-state index in [2.05, 4.69) is 4.98 Å². The van der Waals surface area contributed by atoms with Crippen LogP contribution in [0.15, 0.2) is 23.0 Å². The van der Waals surface area contributed by atoms with E-state index in [0.717, 1.165) is 18.6 Å². The van der Waals surface area contributed by atoms with Gasteiger partial charge in [0.1, 0.15) is 0 Å². The second-order valence-electron chi connectivity index (χ2n) is 4.68. The number of H-pyrrole nitrogens is 1. The Labute approximate surface area is 113 Å². The minimum atomic E-state index is -1.00. The molecule has 2 heterocycles. The molecule has 1 aliphatic heterocycles. The molecule has 1 atom stereocenters. The minimum absolute atomic E-state index is 0.179. The van der Waals surface area contributed by atoms with Gasteiger partial charge in [-0.25, -0.2) is 9.59 Å². The van der Waals surface area contributed by atoms with Gasteiger partial charge in [0.15, 0.2) is 0 Å². The van der Waals surface area contributed by atoms with E-state index in [4.69, 9.17) is 0 Å². The summed E-state index contributed by atoms with van der Waals surface area (Å²) in [5.74, 6) is 0.116. The molecule has 3 rings (SSSR count). The molecule has 1 fully saturated rings.